The van der Waals surface area contributed by atoms with Gasteiger partial charge in [-0.1, -0.05) is 30.3 Å². The Kier molecular flexibility index (Phi) is 3.77. The highest BCUT2D eigenvalue weighted by molar-refractivity contribution is 5.15. The first kappa shape index (κ1) is 9.23. The zero-order valence-corrected chi connectivity index (χ0v) is 7.49. The number of hydrogen-bond acceptors (Lipinski definition) is 1. The Balaban J connectivity index is 2.41. The van der Waals surface area contributed by atoms with Crippen molar-refractivity contribution in [3.05, 3.63) is 35.9 Å². The molecule has 0 saturated carbocycles. The molecule has 0 heterocycles. The third kappa shape index (κ3) is 3.03. The molecule has 12 heavy (non-hydrogen) atoms. The minimum absolute atomic E-state index is 0.359. The maximum absolute atomic E-state index is 5.01. The lowest BCUT2D eigenvalue weighted by Crippen LogP contribution is -2.64. The van der Waals surface area contributed by atoms with Crippen molar-refractivity contribution < 1.29 is 10.5 Å². The van der Waals surface area contributed by atoms with Gasteiger partial charge in [0, 0.05) is 13.5 Å². The summed E-state index contributed by atoms with van der Waals surface area (Å²) in [4.78, 5) is 0. The van der Waals surface area contributed by atoms with Gasteiger partial charge in [0.25, 0.3) is 0 Å². The van der Waals surface area contributed by atoms with E-state index in [1.807, 2.05) is 6.07 Å². The SMILES string of the molecule is COC[C@@H]([NH3+])Cc1ccccc1. The summed E-state index contributed by atoms with van der Waals surface area (Å²) >= 11 is 0. The van der Waals surface area contributed by atoms with Gasteiger partial charge in [-0.3, -0.25) is 0 Å². The first-order valence-electron chi connectivity index (χ1n) is 4.19. The van der Waals surface area contributed by atoms with Crippen molar-refractivity contribution in [1.29, 1.82) is 0 Å². The minimum Gasteiger partial charge on any atom is -0.379 e. The van der Waals surface area contributed by atoms with Gasteiger partial charge in [0.15, 0.2) is 0 Å². The summed E-state index contributed by atoms with van der Waals surface area (Å²) in [6.07, 6.45) is 0.995. The Morgan fingerprint density at radius 1 is 1.33 bits per heavy atom. The van der Waals surface area contributed by atoms with Crippen molar-refractivity contribution in [2.45, 2.75) is 12.5 Å². The molecule has 0 aliphatic heterocycles. The van der Waals surface area contributed by atoms with Crippen LogP contribution >= 0.6 is 0 Å². The molecular weight excluding hydrogens is 150 g/mol. The van der Waals surface area contributed by atoms with E-state index in [1.54, 1.807) is 7.11 Å². The normalized spacial score (nSPS) is 12.8. The molecule has 0 bridgehead atoms. The average Bonchev–Trinajstić information content (AvgIpc) is 2.06. The molecular formula is C10H16NO+. The molecule has 1 atom stereocenters. The third-order valence-corrected chi connectivity index (χ3v) is 1.77. The number of quaternary nitrogens is 1. The molecule has 3 N–H and O–H groups in total. The third-order valence-electron chi connectivity index (χ3n) is 1.77. The van der Waals surface area contributed by atoms with Gasteiger partial charge in [-0.25, -0.2) is 0 Å². The van der Waals surface area contributed by atoms with Crippen molar-refractivity contribution in [1.82, 2.24) is 0 Å². The molecule has 0 aliphatic carbocycles. The standard InChI is InChI=1S/C10H15NO/c1-12-8-10(11)7-9-5-3-2-4-6-9/h2-6,10H,7-8,11H2,1H3/p+1/t10-/m0/s1. The molecule has 2 nitrogen and oxygen atoms in total. The van der Waals surface area contributed by atoms with Crippen LogP contribution in [0.25, 0.3) is 0 Å². The fourth-order valence-corrected chi connectivity index (χ4v) is 1.24. The van der Waals surface area contributed by atoms with Gasteiger partial charge in [0.2, 0.25) is 0 Å². The van der Waals surface area contributed by atoms with E-state index in [9.17, 15) is 0 Å². The first-order chi connectivity index (χ1) is 5.83. The minimum atomic E-state index is 0.359. The second kappa shape index (κ2) is 4.91. The van der Waals surface area contributed by atoms with Crippen molar-refractivity contribution in [2.75, 3.05) is 13.7 Å². The van der Waals surface area contributed by atoms with Gasteiger partial charge in [0.1, 0.15) is 6.04 Å². The quantitative estimate of drug-likeness (QED) is 0.694. The molecule has 0 amide bonds. The molecule has 0 unspecified atom stereocenters. The van der Waals surface area contributed by atoms with Crippen LogP contribution in [0, 0.1) is 0 Å². The van der Waals surface area contributed by atoms with Crippen LogP contribution in [0.2, 0.25) is 0 Å². The molecule has 0 spiro atoms. The van der Waals surface area contributed by atoms with E-state index in [0.717, 1.165) is 13.0 Å². The molecule has 1 aromatic rings. The summed E-state index contributed by atoms with van der Waals surface area (Å²) < 4.78 is 5.01. The highest BCUT2D eigenvalue weighted by Gasteiger charge is 2.05. The summed E-state index contributed by atoms with van der Waals surface area (Å²) in [5.41, 5.74) is 5.33. The lowest BCUT2D eigenvalue weighted by Gasteiger charge is -2.06. The topological polar surface area (TPSA) is 36.9 Å². The van der Waals surface area contributed by atoms with Gasteiger partial charge < -0.3 is 10.5 Å². The predicted octanol–water partition coefficient (Wildman–Crippen LogP) is 0.486. The van der Waals surface area contributed by atoms with Crippen LogP contribution in [-0.2, 0) is 11.2 Å². The predicted molar refractivity (Wildman–Crippen MR) is 48.7 cm³/mol. The fraction of sp³-hybridized carbons (Fsp3) is 0.400. The van der Waals surface area contributed by atoms with Gasteiger partial charge in [-0.15, -0.1) is 0 Å². The van der Waals surface area contributed by atoms with Crippen LogP contribution in [-0.4, -0.2) is 19.8 Å². The molecule has 1 rings (SSSR count). The molecule has 0 aromatic heterocycles. The maximum Gasteiger partial charge on any atom is 0.112 e. The average molecular weight is 166 g/mol. The highest BCUT2D eigenvalue weighted by Crippen LogP contribution is 2.00. The van der Waals surface area contributed by atoms with Gasteiger partial charge >= 0.3 is 0 Å². The van der Waals surface area contributed by atoms with E-state index in [1.165, 1.54) is 5.56 Å². The van der Waals surface area contributed by atoms with Crippen LogP contribution < -0.4 is 5.73 Å². The van der Waals surface area contributed by atoms with Crippen LogP contribution in [0.15, 0.2) is 30.3 Å². The second-order valence-corrected chi connectivity index (χ2v) is 3.01. The zero-order chi connectivity index (χ0) is 8.81. The summed E-state index contributed by atoms with van der Waals surface area (Å²) in [7, 11) is 1.71. The second-order valence-electron chi connectivity index (χ2n) is 3.01. The fourth-order valence-electron chi connectivity index (χ4n) is 1.24. The number of rotatable bonds is 4. The van der Waals surface area contributed by atoms with Crippen molar-refractivity contribution >= 4 is 0 Å². The molecule has 2 heteroatoms. The van der Waals surface area contributed by atoms with Gasteiger partial charge in [-0.05, 0) is 5.56 Å². The molecule has 0 aliphatic rings. The maximum atomic E-state index is 5.01. The van der Waals surface area contributed by atoms with Crippen LogP contribution in [0.1, 0.15) is 5.56 Å². The smallest absolute Gasteiger partial charge is 0.112 e. The number of ether oxygens (including phenoxy) is 1. The van der Waals surface area contributed by atoms with E-state index in [2.05, 4.69) is 30.0 Å². The molecule has 66 valence electrons. The molecule has 0 fully saturated rings. The van der Waals surface area contributed by atoms with E-state index in [0.29, 0.717) is 6.04 Å². The van der Waals surface area contributed by atoms with Gasteiger partial charge in [-0.2, -0.15) is 0 Å². The zero-order valence-electron chi connectivity index (χ0n) is 7.49. The van der Waals surface area contributed by atoms with Gasteiger partial charge in [0.05, 0.1) is 6.61 Å². The van der Waals surface area contributed by atoms with Crippen molar-refractivity contribution in [3.8, 4) is 0 Å². The lowest BCUT2D eigenvalue weighted by molar-refractivity contribution is -0.425. The number of methoxy groups -OCH3 is 1. The van der Waals surface area contributed by atoms with E-state index < -0.39 is 0 Å². The van der Waals surface area contributed by atoms with Crippen molar-refractivity contribution in [2.24, 2.45) is 0 Å². The Morgan fingerprint density at radius 2 is 2.00 bits per heavy atom. The van der Waals surface area contributed by atoms with Crippen LogP contribution in [0.4, 0.5) is 0 Å². The van der Waals surface area contributed by atoms with E-state index >= 15 is 0 Å². The Hall–Kier alpha value is -0.860. The van der Waals surface area contributed by atoms with E-state index in [4.69, 9.17) is 4.74 Å². The van der Waals surface area contributed by atoms with E-state index in [-0.39, 0.29) is 0 Å². The molecule has 0 radical (unpaired) electrons. The first-order valence-corrected chi connectivity index (χ1v) is 4.19. The Morgan fingerprint density at radius 3 is 2.58 bits per heavy atom. The lowest BCUT2D eigenvalue weighted by atomic mass is 10.1. The van der Waals surface area contributed by atoms with Crippen LogP contribution in [0.3, 0.4) is 0 Å². The molecule has 1 aromatic carbocycles. The number of benzene rings is 1. The Bertz CT molecular complexity index is 210. The van der Waals surface area contributed by atoms with Crippen LogP contribution in [0.5, 0.6) is 0 Å². The highest BCUT2D eigenvalue weighted by atomic mass is 16.5. The largest absolute Gasteiger partial charge is 0.379 e. The summed E-state index contributed by atoms with van der Waals surface area (Å²) in [5.74, 6) is 0. The summed E-state index contributed by atoms with van der Waals surface area (Å²) in [6.45, 7) is 0.731. The summed E-state index contributed by atoms with van der Waals surface area (Å²) in [5, 5.41) is 0. The molecule has 0 saturated heterocycles. The van der Waals surface area contributed by atoms with Crippen molar-refractivity contribution in [3.63, 3.8) is 0 Å². The number of hydrogen-bond donors (Lipinski definition) is 1. The summed E-state index contributed by atoms with van der Waals surface area (Å²) in [6, 6.07) is 10.7. The monoisotopic (exact) mass is 166 g/mol. The Labute approximate surface area is 73.3 Å².